The normalized spacial score (nSPS) is 18.9. The summed E-state index contributed by atoms with van der Waals surface area (Å²) in [6.07, 6.45) is 6.24. The average molecular weight is 444 g/mol. The zero-order valence-electron chi connectivity index (χ0n) is 17.1. The lowest BCUT2D eigenvalue weighted by Gasteiger charge is -2.31. The van der Waals surface area contributed by atoms with E-state index in [-0.39, 0.29) is 24.6 Å². The monoisotopic (exact) mass is 443 g/mol. The number of fused-ring (bicyclic) bond motifs is 1. The summed E-state index contributed by atoms with van der Waals surface area (Å²) in [7, 11) is 0. The van der Waals surface area contributed by atoms with Crippen LogP contribution in [0.1, 0.15) is 59.3 Å². The van der Waals surface area contributed by atoms with Crippen LogP contribution in [0.15, 0.2) is 18.2 Å². The number of benzene rings is 1. The Hall–Kier alpha value is -2.88. The van der Waals surface area contributed by atoms with Gasteiger partial charge in [0.25, 0.3) is 5.91 Å². The number of hydrogen-bond acceptors (Lipinski definition) is 7. The van der Waals surface area contributed by atoms with Crippen LogP contribution in [-0.2, 0) is 0 Å². The second-order valence-corrected chi connectivity index (χ2v) is 9.17. The third kappa shape index (κ3) is 4.43. The average Bonchev–Trinajstić information content (AvgIpc) is 3.55. The molecule has 0 unspecified atom stereocenters. The van der Waals surface area contributed by atoms with Crippen molar-refractivity contribution in [2.75, 3.05) is 25.2 Å². The van der Waals surface area contributed by atoms with Gasteiger partial charge in [-0.15, -0.1) is 10.2 Å². The molecule has 3 heterocycles. The van der Waals surface area contributed by atoms with E-state index in [1.54, 1.807) is 18.2 Å². The Labute approximate surface area is 184 Å². The number of amides is 3. The van der Waals surface area contributed by atoms with Gasteiger partial charge in [-0.05, 0) is 37.8 Å². The van der Waals surface area contributed by atoms with Crippen molar-refractivity contribution in [1.29, 1.82) is 0 Å². The maximum Gasteiger partial charge on any atom is 0.317 e. The first-order valence-electron chi connectivity index (χ1n) is 10.8. The molecule has 5 rings (SSSR count). The summed E-state index contributed by atoms with van der Waals surface area (Å²) in [4.78, 5) is 26.9. The number of urea groups is 1. The molecule has 0 bridgehead atoms. The van der Waals surface area contributed by atoms with E-state index in [1.165, 1.54) is 24.2 Å². The molecule has 3 amide bonds. The SMILES string of the molecule is O=C(Nc1ccc2c(c1)OCO2)c1nnc(C2CCN(C(=O)NC3CCCC3)CC2)s1. The van der Waals surface area contributed by atoms with Gasteiger partial charge in [0.05, 0.1) is 0 Å². The summed E-state index contributed by atoms with van der Waals surface area (Å²) >= 11 is 1.32. The Balaban J connectivity index is 1.14. The number of carbonyl (C=O) groups excluding carboxylic acids is 2. The molecule has 9 nitrogen and oxygen atoms in total. The molecule has 1 aromatic carbocycles. The largest absolute Gasteiger partial charge is 0.454 e. The molecular weight excluding hydrogens is 418 g/mol. The fraction of sp³-hybridized carbons (Fsp3) is 0.524. The maximum absolute atomic E-state index is 12.6. The lowest BCUT2D eigenvalue weighted by Crippen LogP contribution is -2.47. The zero-order valence-corrected chi connectivity index (χ0v) is 18.0. The van der Waals surface area contributed by atoms with Crippen molar-refractivity contribution in [1.82, 2.24) is 20.4 Å². The molecule has 2 aliphatic heterocycles. The van der Waals surface area contributed by atoms with E-state index in [0.29, 0.717) is 41.3 Å². The van der Waals surface area contributed by atoms with Crippen LogP contribution in [0.3, 0.4) is 0 Å². The first kappa shape index (κ1) is 20.0. The van der Waals surface area contributed by atoms with Crippen LogP contribution in [0.25, 0.3) is 0 Å². The maximum atomic E-state index is 12.6. The number of hydrogen-bond donors (Lipinski definition) is 2. The van der Waals surface area contributed by atoms with Gasteiger partial charge in [-0.25, -0.2) is 4.79 Å². The highest BCUT2D eigenvalue weighted by molar-refractivity contribution is 7.13. The quantitative estimate of drug-likeness (QED) is 0.751. The van der Waals surface area contributed by atoms with Crippen molar-refractivity contribution in [3.05, 3.63) is 28.2 Å². The number of nitrogens with one attached hydrogen (secondary N) is 2. The summed E-state index contributed by atoms with van der Waals surface area (Å²) in [6.45, 7) is 1.58. The van der Waals surface area contributed by atoms with Gasteiger partial charge < -0.3 is 25.0 Å². The van der Waals surface area contributed by atoms with E-state index in [4.69, 9.17) is 9.47 Å². The molecule has 10 heteroatoms. The minimum atomic E-state index is -0.295. The Bertz CT molecular complexity index is 966. The zero-order chi connectivity index (χ0) is 21.2. The van der Waals surface area contributed by atoms with Crippen molar-refractivity contribution in [3.8, 4) is 11.5 Å². The van der Waals surface area contributed by atoms with Crippen molar-refractivity contribution >= 4 is 29.0 Å². The Morgan fingerprint density at radius 2 is 1.81 bits per heavy atom. The third-order valence-electron chi connectivity index (χ3n) is 6.08. The molecule has 1 saturated heterocycles. The second-order valence-electron chi connectivity index (χ2n) is 8.16. The molecule has 3 aliphatic rings. The predicted octanol–water partition coefficient (Wildman–Crippen LogP) is 3.35. The van der Waals surface area contributed by atoms with Gasteiger partial charge in [0, 0.05) is 36.8 Å². The van der Waals surface area contributed by atoms with E-state index >= 15 is 0 Å². The minimum absolute atomic E-state index is 0.0476. The Morgan fingerprint density at radius 3 is 2.61 bits per heavy atom. The smallest absolute Gasteiger partial charge is 0.317 e. The molecule has 1 saturated carbocycles. The van der Waals surface area contributed by atoms with Crippen molar-refractivity contribution in [2.24, 2.45) is 0 Å². The van der Waals surface area contributed by atoms with Crippen LogP contribution in [0.4, 0.5) is 10.5 Å². The summed E-state index contributed by atoms with van der Waals surface area (Å²) in [6, 6.07) is 5.64. The van der Waals surface area contributed by atoms with Crippen LogP contribution in [0.2, 0.25) is 0 Å². The summed E-state index contributed by atoms with van der Waals surface area (Å²) in [5.41, 5.74) is 0.618. The number of aromatic nitrogens is 2. The number of likely N-dealkylation sites (tertiary alicyclic amines) is 1. The molecule has 31 heavy (non-hydrogen) atoms. The van der Waals surface area contributed by atoms with Crippen molar-refractivity contribution < 1.29 is 19.1 Å². The van der Waals surface area contributed by atoms with Crippen LogP contribution in [-0.4, -0.2) is 53.0 Å². The molecule has 0 spiro atoms. The van der Waals surface area contributed by atoms with E-state index < -0.39 is 0 Å². The highest BCUT2D eigenvalue weighted by Gasteiger charge is 2.28. The van der Waals surface area contributed by atoms with Crippen LogP contribution in [0.5, 0.6) is 11.5 Å². The number of piperidine rings is 1. The van der Waals surface area contributed by atoms with Crippen LogP contribution in [0, 0.1) is 0 Å². The van der Waals surface area contributed by atoms with Crippen molar-refractivity contribution in [2.45, 2.75) is 50.5 Å². The van der Waals surface area contributed by atoms with E-state index in [0.717, 1.165) is 30.7 Å². The number of nitrogens with zero attached hydrogens (tertiary/aromatic N) is 3. The molecule has 1 aromatic heterocycles. The lowest BCUT2D eigenvalue weighted by atomic mass is 9.98. The first-order valence-corrected chi connectivity index (χ1v) is 11.6. The standard InChI is InChI=1S/C21H25N5O4S/c27-18(22-15-5-6-16-17(11-15)30-12-29-16)20-25-24-19(31-20)13-7-9-26(10-8-13)21(28)23-14-3-1-2-4-14/h5-6,11,13-14H,1-4,7-10,12H2,(H,22,27)(H,23,28). The highest BCUT2D eigenvalue weighted by atomic mass is 32.1. The molecule has 0 radical (unpaired) electrons. The Morgan fingerprint density at radius 1 is 1.03 bits per heavy atom. The fourth-order valence-electron chi connectivity index (χ4n) is 4.32. The van der Waals surface area contributed by atoms with Gasteiger partial charge in [-0.2, -0.15) is 0 Å². The number of ether oxygens (including phenoxy) is 2. The van der Waals surface area contributed by atoms with E-state index in [9.17, 15) is 9.59 Å². The van der Waals surface area contributed by atoms with Gasteiger partial charge in [0.15, 0.2) is 11.5 Å². The molecular formula is C21H25N5O4S. The van der Waals surface area contributed by atoms with Gasteiger partial charge >= 0.3 is 6.03 Å². The van der Waals surface area contributed by atoms with E-state index in [1.807, 2.05) is 4.90 Å². The summed E-state index contributed by atoms with van der Waals surface area (Å²) in [5, 5.41) is 15.5. The molecule has 164 valence electrons. The first-order chi connectivity index (χ1) is 15.2. The number of rotatable bonds is 4. The predicted molar refractivity (Wildman–Crippen MR) is 115 cm³/mol. The molecule has 2 N–H and O–H groups in total. The van der Waals surface area contributed by atoms with Gasteiger partial charge in [0.2, 0.25) is 11.8 Å². The highest BCUT2D eigenvalue weighted by Crippen LogP contribution is 2.35. The van der Waals surface area contributed by atoms with Gasteiger partial charge in [0.1, 0.15) is 5.01 Å². The second kappa shape index (κ2) is 8.70. The lowest BCUT2D eigenvalue weighted by molar-refractivity contribution is 0.102. The molecule has 2 aromatic rings. The number of carbonyl (C=O) groups is 2. The van der Waals surface area contributed by atoms with E-state index in [2.05, 4.69) is 20.8 Å². The Kier molecular flexibility index (Phi) is 5.63. The third-order valence-corrected chi connectivity index (χ3v) is 7.16. The summed E-state index contributed by atoms with van der Waals surface area (Å²) < 4.78 is 10.6. The molecule has 1 aliphatic carbocycles. The molecule has 0 atom stereocenters. The van der Waals surface area contributed by atoms with Gasteiger partial charge in [-0.1, -0.05) is 24.2 Å². The van der Waals surface area contributed by atoms with Gasteiger partial charge in [-0.3, -0.25) is 4.79 Å². The topological polar surface area (TPSA) is 106 Å². The fourth-order valence-corrected chi connectivity index (χ4v) is 5.22. The number of anilines is 1. The molecule has 2 fully saturated rings. The van der Waals surface area contributed by atoms with Crippen molar-refractivity contribution in [3.63, 3.8) is 0 Å². The minimum Gasteiger partial charge on any atom is -0.454 e. The summed E-state index contributed by atoms with van der Waals surface area (Å²) in [5.74, 6) is 1.20. The van der Waals surface area contributed by atoms with Crippen LogP contribution >= 0.6 is 11.3 Å². The van der Waals surface area contributed by atoms with Crippen LogP contribution < -0.4 is 20.1 Å².